The molecule has 0 bridgehead atoms. The van der Waals surface area contributed by atoms with Crippen LogP contribution in [-0.2, 0) is 5.41 Å². The largest absolute Gasteiger partial charge is 0.455 e. The third-order valence-corrected chi connectivity index (χ3v) is 13.5. The number of rotatable bonds is 7. The van der Waals surface area contributed by atoms with Crippen molar-refractivity contribution in [1.29, 1.82) is 0 Å². The van der Waals surface area contributed by atoms with Crippen molar-refractivity contribution in [2.75, 3.05) is 9.80 Å². The molecule has 0 fully saturated rings. The maximum Gasteiger partial charge on any atom is 0.143 e. The van der Waals surface area contributed by atoms with Crippen molar-refractivity contribution in [1.82, 2.24) is 0 Å². The molecule has 3 heteroatoms. The van der Waals surface area contributed by atoms with E-state index in [1.807, 2.05) is 0 Å². The van der Waals surface area contributed by atoms with Crippen LogP contribution in [-0.4, -0.2) is 0 Å². The minimum absolute atomic E-state index is 0.0789. The summed E-state index contributed by atoms with van der Waals surface area (Å²) in [5, 5.41) is 7.04. The maximum absolute atomic E-state index is 6.96. The number of furan rings is 1. The lowest BCUT2D eigenvalue weighted by atomic mass is 9.73. The van der Waals surface area contributed by atoms with Gasteiger partial charge in [0, 0.05) is 62.3 Å². The van der Waals surface area contributed by atoms with E-state index in [1.165, 1.54) is 44.1 Å². The molecule has 1 heterocycles. The second-order valence-corrected chi connectivity index (χ2v) is 17.3. The van der Waals surface area contributed by atoms with Crippen LogP contribution in [0.25, 0.3) is 54.6 Å². The first-order valence-electron chi connectivity index (χ1n) is 21.7. The lowest BCUT2D eigenvalue weighted by Gasteiger charge is -2.34. The van der Waals surface area contributed by atoms with Crippen molar-refractivity contribution in [3.63, 3.8) is 0 Å². The van der Waals surface area contributed by atoms with E-state index in [1.54, 1.807) is 0 Å². The number of anilines is 5. The molecule has 296 valence electrons. The number of allylic oxidation sites excluding steroid dienone is 3. The molecule has 2 unspecified atom stereocenters. The van der Waals surface area contributed by atoms with Crippen LogP contribution < -0.4 is 9.80 Å². The first kappa shape index (κ1) is 36.2. The standard InChI is InChI=1S/C59H44N2O/c1-59(2)54-36-40(27-31-48(54)49-33-29-45(37-55(49)59)60(41-17-7-3-8-18-41)42-19-9-4-10-20-42)39-28-32-51-53(35-39)47-25-15-16-26-50(47)57-52-34-30-46(38-56(52)62-58(51)57)61(43-21-11-5-12-22-43)44-23-13-6-14-24-44/h3-38,49,55H,1-2H3. The van der Waals surface area contributed by atoms with Crippen molar-refractivity contribution < 1.29 is 4.42 Å². The Labute approximate surface area is 362 Å². The highest BCUT2D eigenvalue weighted by atomic mass is 16.3. The van der Waals surface area contributed by atoms with E-state index in [0.29, 0.717) is 11.8 Å². The zero-order valence-corrected chi connectivity index (χ0v) is 34.7. The van der Waals surface area contributed by atoms with Gasteiger partial charge >= 0.3 is 0 Å². The highest BCUT2D eigenvalue weighted by Gasteiger charge is 2.45. The molecule has 0 amide bonds. The lowest BCUT2D eigenvalue weighted by Crippen LogP contribution is -2.28. The zero-order chi connectivity index (χ0) is 41.4. The predicted molar refractivity (Wildman–Crippen MR) is 260 cm³/mol. The van der Waals surface area contributed by atoms with Gasteiger partial charge in [-0.15, -0.1) is 0 Å². The third kappa shape index (κ3) is 5.73. The molecule has 2 aliphatic rings. The monoisotopic (exact) mass is 796 g/mol. The van der Waals surface area contributed by atoms with E-state index in [2.05, 4.69) is 242 Å². The quantitative estimate of drug-likeness (QED) is 0.150. The Hall–Kier alpha value is -7.62. The summed E-state index contributed by atoms with van der Waals surface area (Å²) in [5.41, 5.74) is 13.8. The number of benzene rings is 9. The van der Waals surface area contributed by atoms with Gasteiger partial charge in [-0.3, -0.25) is 0 Å². The van der Waals surface area contributed by atoms with Gasteiger partial charge in [0.1, 0.15) is 11.2 Å². The SMILES string of the molecule is CC1(C)c2cc(-c3ccc4c(c3)c3ccccc3c3c5ccc(N(c6ccccc6)c6ccccc6)cc5oc43)ccc2C2C=CC(N(c3ccccc3)c3ccccc3)=CC21. The molecule has 62 heavy (non-hydrogen) atoms. The molecule has 9 aromatic carbocycles. The minimum Gasteiger partial charge on any atom is -0.455 e. The van der Waals surface area contributed by atoms with Gasteiger partial charge < -0.3 is 14.2 Å². The fraction of sp³-hybridized carbons (Fsp3) is 0.0847. The van der Waals surface area contributed by atoms with Crippen molar-refractivity contribution in [2.24, 2.45) is 5.92 Å². The topological polar surface area (TPSA) is 19.6 Å². The van der Waals surface area contributed by atoms with Gasteiger partial charge in [0.15, 0.2) is 0 Å². The molecule has 3 nitrogen and oxygen atoms in total. The van der Waals surface area contributed by atoms with Gasteiger partial charge in [-0.1, -0.05) is 147 Å². The molecule has 12 rings (SSSR count). The summed E-state index contributed by atoms with van der Waals surface area (Å²) in [6.07, 6.45) is 7.29. The Balaban J connectivity index is 0.947. The second kappa shape index (κ2) is 14.2. The molecular weight excluding hydrogens is 753 g/mol. The highest BCUT2D eigenvalue weighted by Crippen LogP contribution is 2.55. The van der Waals surface area contributed by atoms with Crippen LogP contribution in [0, 0.1) is 5.92 Å². The van der Waals surface area contributed by atoms with Crippen molar-refractivity contribution in [3.8, 4) is 11.1 Å². The number of fused-ring (bicyclic) bond motifs is 11. The summed E-state index contributed by atoms with van der Waals surface area (Å²) in [6, 6.07) is 72.1. The molecule has 0 saturated carbocycles. The van der Waals surface area contributed by atoms with Crippen molar-refractivity contribution in [2.45, 2.75) is 25.2 Å². The van der Waals surface area contributed by atoms with E-state index in [4.69, 9.17) is 4.42 Å². The molecule has 0 radical (unpaired) electrons. The summed E-state index contributed by atoms with van der Waals surface area (Å²) in [6.45, 7) is 4.86. The number of hydrogen-bond acceptors (Lipinski definition) is 3. The highest BCUT2D eigenvalue weighted by molar-refractivity contribution is 6.30. The Bertz CT molecular complexity index is 3300. The summed E-state index contributed by atoms with van der Waals surface area (Å²) in [7, 11) is 0. The predicted octanol–water partition coefficient (Wildman–Crippen LogP) is 16.3. The van der Waals surface area contributed by atoms with Crippen LogP contribution in [0.1, 0.15) is 30.9 Å². The average Bonchev–Trinajstić information content (AvgIpc) is 3.82. The normalized spacial score (nSPS) is 16.4. The average molecular weight is 797 g/mol. The fourth-order valence-corrected chi connectivity index (χ4v) is 10.5. The Morgan fingerprint density at radius 1 is 0.452 bits per heavy atom. The van der Waals surface area contributed by atoms with E-state index >= 15 is 0 Å². The molecular formula is C59H44N2O. The van der Waals surface area contributed by atoms with Gasteiger partial charge in [-0.2, -0.15) is 0 Å². The van der Waals surface area contributed by atoms with Crippen LogP contribution in [0.4, 0.5) is 28.4 Å². The van der Waals surface area contributed by atoms with E-state index < -0.39 is 0 Å². The third-order valence-electron chi connectivity index (χ3n) is 13.5. The van der Waals surface area contributed by atoms with Gasteiger partial charge in [0.2, 0.25) is 0 Å². The molecule has 0 N–H and O–H groups in total. The molecule has 2 aliphatic carbocycles. The summed E-state index contributed by atoms with van der Waals surface area (Å²) in [5.74, 6) is 0.638. The molecule has 0 saturated heterocycles. The maximum atomic E-state index is 6.96. The Morgan fingerprint density at radius 3 is 1.65 bits per heavy atom. The van der Waals surface area contributed by atoms with Crippen LogP contribution in [0.5, 0.6) is 0 Å². The van der Waals surface area contributed by atoms with Gasteiger partial charge in [0.25, 0.3) is 0 Å². The molecule has 0 aliphatic heterocycles. The van der Waals surface area contributed by atoms with Crippen LogP contribution in [0.15, 0.2) is 229 Å². The van der Waals surface area contributed by atoms with Gasteiger partial charge in [-0.05, 0) is 129 Å². The fourth-order valence-electron chi connectivity index (χ4n) is 10.5. The summed E-state index contributed by atoms with van der Waals surface area (Å²) in [4.78, 5) is 4.68. The number of para-hydroxylation sites is 4. The lowest BCUT2D eigenvalue weighted by molar-refractivity contribution is 0.392. The van der Waals surface area contributed by atoms with Gasteiger partial charge in [0.05, 0.1) is 0 Å². The van der Waals surface area contributed by atoms with E-state index in [0.717, 1.165) is 55.8 Å². The molecule has 0 spiro atoms. The van der Waals surface area contributed by atoms with Crippen LogP contribution in [0.2, 0.25) is 0 Å². The molecule has 10 aromatic rings. The van der Waals surface area contributed by atoms with Gasteiger partial charge in [-0.25, -0.2) is 0 Å². The van der Waals surface area contributed by atoms with E-state index in [9.17, 15) is 0 Å². The molecule has 2 atom stereocenters. The van der Waals surface area contributed by atoms with Crippen LogP contribution >= 0.6 is 0 Å². The first-order valence-corrected chi connectivity index (χ1v) is 21.7. The first-order chi connectivity index (χ1) is 30.5. The Morgan fingerprint density at radius 2 is 1.00 bits per heavy atom. The van der Waals surface area contributed by atoms with Crippen molar-refractivity contribution >= 4 is 71.9 Å². The number of hydrogen-bond donors (Lipinski definition) is 0. The summed E-state index contributed by atoms with van der Waals surface area (Å²) < 4.78 is 6.96. The minimum atomic E-state index is -0.0789. The molecule has 1 aromatic heterocycles. The second-order valence-electron chi connectivity index (χ2n) is 17.3. The van der Waals surface area contributed by atoms with E-state index in [-0.39, 0.29) is 5.41 Å². The van der Waals surface area contributed by atoms with Crippen molar-refractivity contribution in [3.05, 3.63) is 235 Å². The zero-order valence-electron chi connectivity index (χ0n) is 34.7. The summed E-state index contributed by atoms with van der Waals surface area (Å²) >= 11 is 0. The number of nitrogens with zero attached hydrogens (tertiary/aromatic N) is 2. The smallest absolute Gasteiger partial charge is 0.143 e. The van der Waals surface area contributed by atoms with Crippen LogP contribution in [0.3, 0.4) is 0 Å². The Kier molecular flexibility index (Phi) is 8.33.